The van der Waals surface area contributed by atoms with Crippen molar-refractivity contribution in [3.8, 4) is 0 Å². The van der Waals surface area contributed by atoms with Gasteiger partial charge in [-0.2, -0.15) is 0 Å². The van der Waals surface area contributed by atoms with Crippen molar-refractivity contribution in [2.24, 2.45) is 4.99 Å². The van der Waals surface area contributed by atoms with E-state index >= 15 is 0 Å². The molecule has 0 saturated heterocycles. The van der Waals surface area contributed by atoms with Crippen LogP contribution in [0.25, 0.3) is 0 Å². The average molecular weight is 347 g/mol. The summed E-state index contributed by atoms with van der Waals surface area (Å²) in [5, 5.41) is 0. The fourth-order valence-corrected chi connectivity index (χ4v) is 4.21. The van der Waals surface area contributed by atoms with E-state index in [9.17, 15) is 8.42 Å². The lowest BCUT2D eigenvalue weighted by atomic mass is 10.1. The van der Waals surface area contributed by atoms with E-state index in [0.717, 1.165) is 18.8 Å². The van der Waals surface area contributed by atoms with Gasteiger partial charge < -0.3 is 4.42 Å². The molecule has 7 heteroatoms. The lowest BCUT2D eigenvalue weighted by Crippen LogP contribution is -2.31. The third-order valence-corrected chi connectivity index (χ3v) is 5.61. The van der Waals surface area contributed by atoms with Crippen molar-refractivity contribution >= 4 is 15.9 Å². The van der Waals surface area contributed by atoms with Gasteiger partial charge in [0.15, 0.2) is 0 Å². The van der Waals surface area contributed by atoms with Gasteiger partial charge >= 0.3 is 0 Å². The van der Waals surface area contributed by atoms with Crippen molar-refractivity contribution in [2.75, 3.05) is 19.6 Å². The summed E-state index contributed by atoms with van der Waals surface area (Å²) in [6, 6.07) is 10.6. The number of amidine groups is 1. The van der Waals surface area contributed by atoms with Crippen molar-refractivity contribution in [1.82, 2.24) is 9.62 Å². The van der Waals surface area contributed by atoms with Gasteiger partial charge in [0, 0.05) is 5.56 Å². The molecule has 2 heterocycles. The summed E-state index contributed by atoms with van der Waals surface area (Å²) < 4.78 is 32.4. The zero-order chi connectivity index (χ0) is 17.2. The van der Waals surface area contributed by atoms with Crippen molar-refractivity contribution in [1.29, 1.82) is 0 Å². The Bertz CT molecular complexity index is 825. The first-order valence-corrected chi connectivity index (χ1v) is 9.49. The molecule has 1 aromatic carbocycles. The van der Waals surface area contributed by atoms with Gasteiger partial charge in [-0.3, -0.25) is 14.6 Å². The number of furan rings is 1. The summed E-state index contributed by atoms with van der Waals surface area (Å²) in [5.74, 6) is 1.23. The summed E-state index contributed by atoms with van der Waals surface area (Å²) in [7, 11) is -3.51. The van der Waals surface area contributed by atoms with Gasteiger partial charge in [0.25, 0.3) is 10.0 Å². The molecule has 0 bridgehead atoms. The van der Waals surface area contributed by atoms with E-state index in [0.29, 0.717) is 17.9 Å². The smallest absolute Gasteiger partial charge is 0.263 e. The molecule has 1 aromatic heterocycles. The van der Waals surface area contributed by atoms with Gasteiger partial charge in [0.2, 0.25) is 0 Å². The monoisotopic (exact) mass is 347 g/mol. The molecule has 0 aliphatic carbocycles. The van der Waals surface area contributed by atoms with E-state index in [1.807, 2.05) is 18.2 Å². The van der Waals surface area contributed by atoms with Crippen LogP contribution in [0.1, 0.15) is 31.2 Å². The Balaban J connectivity index is 1.91. The van der Waals surface area contributed by atoms with Crippen LogP contribution < -0.4 is 4.72 Å². The lowest BCUT2D eigenvalue weighted by Gasteiger charge is -2.26. The number of benzene rings is 1. The summed E-state index contributed by atoms with van der Waals surface area (Å²) in [5.41, 5.74) is 0.621. The predicted molar refractivity (Wildman–Crippen MR) is 92.5 cm³/mol. The largest absolute Gasteiger partial charge is 0.468 e. The highest BCUT2D eigenvalue weighted by Gasteiger charge is 2.30. The molecule has 1 atom stereocenters. The highest BCUT2D eigenvalue weighted by Crippen LogP contribution is 2.25. The molecule has 0 radical (unpaired) electrons. The van der Waals surface area contributed by atoms with Gasteiger partial charge in [-0.25, -0.2) is 8.42 Å². The third-order valence-electron chi connectivity index (χ3n) is 4.21. The van der Waals surface area contributed by atoms with E-state index in [2.05, 4.69) is 28.5 Å². The summed E-state index contributed by atoms with van der Waals surface area (Å²) in [6.45, 7) is 6.30. The maximum Gasteiger partial charge on any atom is 0.263 e. The first kappa shape index (κ1) is 16.7. The number of sulfonamides is 1. The van der Waals surface area contributed by atoms with Gasteiger partial charge in [0.1, 0.15) is 11.6 Å². The van der Waals surface area contributed by atoms with Crippen LogP contribution >= 0.6 is 0 Å². The van der Waals surface area contributed by atoms with Crippen molar-refractivity contribution in [2.45, 2.75) is 24.8 Å². The molecule has 2 aromatic rings. The minimum absolute atomic E-state index is 0.0280. The van der Waals surface area contributed by atoms with Crippen molar-refractivity contribution in [3.05, 3.63) is 54.0 Å². The van der Waals surface area contributed by atoms with Crippen LogP contribution in [0.4, 0.5) is 0 Å². The first-order chi connectivity index (χ1) is 11.6. The first-order valence-electron chi connectivity index (χ1n) is 8.01. The highest BCUT2D eigenvalue weighted by molar-refractivity contribution is 7.90. The summed E-state index contributed by atoms with van der Waals surface area (Å²) >= 11 is 0. The van der Waals surface area contributed by atoms with Crippen LogP contribution in [-0.4, -0.2) is 38.8 Å². The molecule has 0 amide bonds. The molecule has 0 fully saturated rings. The highest BCUT2D eigenvalue weighted by atomic mass is 32.2. The van der Waals surface area contributed by atoms with Gasteiger partial charge in [0.05, 0.1) is 23.7 Å². The third kappa shape index (κ3) is 3.09. The number of rotatable bonds is 6. The van der Waals surface area contributed by atoms with E-state index in [1.165, 1.54) is 0 Å². The minimum Gasteiger partial charge on any atom is -0.468 e. The Hall–Kier alpha value is -2.12. The maximum absolute atomic E-state index is 12.2. The molecule has 6 nitrogen and oxygen atoms in total. The number of likely N-dealkylation sites (N-methyl/N-ethyl adjacent to an activating group) is 1. The second-order valence-electron chi connectivity index (χ2n) is 5.54. The van der Waals surface area contributed by atoms with Crippen LogP contribution in [0, 0.1) is 0 Å². The molecule has 0 spiro atoms. The second kappa shape index (κ2) is 6.78. The number of hydrogen-bond donors (Lipinski definition) is 1. The molecule has 1 aliphatic heterocycles. The molecular weight excluding hydrogens is 326 g/mol. The van der Waals surface area contributed by atoms with Crippen LogP contribution in [0.15, 0.2) is 57.0 Å². The zero-order valence-corrected chi connectivity index (χ0v) is 14.6. The number of nitrogens with zero attached hydrogens (tertiary/aromatic N) is 2. The van der Waals surface area contributed by atoms with Gasteiger partial charge in [-0.05, 0) is 37.4 Å². The Morgan fingerprint density at radius 3 is 2.58 bits per heavy atom. The predicted octanol–water partition coefficient (Wildman–Crippen LogP) is 2.40. The Labute approximate surface area is 142 Å². The van der Waals surface area contributed by atoms with Crippen molar-refractivity contribution < 1.29 is 12.8 Å². The SMILES string of the molecule is CCN(CC)C(CN=C1NS(=O)(=O)c2ccccc21)c1ccco1. The van der Waals surface area contributed by atoms with E-state index < -0.39 is 10.0 Å². The molecule has 0 saturated carbocycles. The Morgan fingerprint density at radius 1 is 1.17 bits per heavy atom. The average Bonchev–Trinajstić information content (AvgIpc) is 3.19. The van der Waals surface area contributed by atoms with E-state index in [1.54, 1.807) is 24.5 Å². The molecule has 3 rings (SSSR count). The molecule has 1 aliphatic rings. The zero-order valence-electron chi connectivity index (χ0n) is 13.8. The van der Waals surface area contributed by atoms with Crippen molar-refractivity contribution in [3.63, 3.8) is 0 Å². The van der Waals surface area contributed by atoms with Crippen LogP contribution in [-0.2, 0) is 10.0 Å². The van der Waals surface area contributed by atoms with Crippen LogP contribution in [0.3, 0.4) is 0 Å². The van der Waals surface area contributed by atoms with Gasteiger partial charge in [-0.15, -0.1) is 0 Å². The number of nitrogens with one attached hydrogen (secondary N) is 1. The summed E-state index contributed by atoms with van der Waals surface area (Å²) in [6.07, 6.45) is 1.65. The Morgan fingerprint density at radius 2 is 1.92 bits per heavy atom. The topological polar surface area (TPSA) is 74.9 Å². The molecule has 1 unspecified atom stereocenters. The maximum atomic E-state index is 12.2. The summed E-state index contributed by atoms with van der Waals surface area (Å²) in [4.78, 5) is 7.07. The normalized spacial score (nSPS) is 18.5. The Kier molecular flexibility index (Phi) is 4.73. The minimum atomic E-state index is -3.51. The molecule has 128 valence electrons. The molecule has 24 heavy (non-hydrogen) atoms. The fourth-order valence-electron chi connectivity index (χ4n) is 2.96. The van der Waals surface area contributed by atoms with E-state index in [-0.39, 0.29) is 10.9 Å². The number of fused-ring (bicyclic) bond motifs is 1. The molecule has 1 N–H and O–H groups in total. The number of hydrogen-bond acceptors (Lipinski definition) is 5. The fraction of sp³-hybridized carbons (Fsp3) is 0.353. The number of aliphatic imine (C=N–C) groups is 1. The van der Waals surface area contributed by atoms with Crippen LogP contribution in [0.5, 0.6) is 0 Å². The molecular formula is C17H21N3O3S. The van der Waals surface area contributed by atoms with E-state index in [4.69, 9.17) is 4.42 Å². The lowest BCUT2D eigenvalue weighted by molar-refractivity contribution is 0.198. The quantitative estimate of drug-likeness (QED) is 0.871. The second-order valence-corrected chi connectivity index (χ2v) is 7.19. The van der Waals surface area contributed by atoms with Crippen LogP contribution in [0.2, 0.25) is 0 Å². The standard InChI is InChI=1S/C17H21N3O3S/c1-3-20(4-2)14(15-9-7-11-23-15)12-18-17-13-8-5-6-10-16(13)24(21,22)19-17/h5-11,14H,3-4,12H2,1-2H3,(H,18,19). The van der Waals surface area contributed by atoms with Gasteiger partial charge in [-0.1, -0.05) is 26.0 Å².